The third-order valence-corrected chi connectivity index (χ3v) is 4.89. The highest BCUT2D eigenvalue weighted by atomic mass is 15.2. The molecule has 1 saturated carbocycles. The minimum absolute atomic E-state index is 0.437. The van der Waals surface area contributed by atoms with Crippen molar-refractivity contribution >= 4 is 0 Å². The lowest BCUT2D eigenvalue weighted by Crippen LogP contribution is -2.59. The van der Waals surface area contributed by atoms with Crippen LogP contribution in [0.4, 0.5) is 0 Å². The van der Waals surface area contributed by atoms with Gasteiger partial charge in [0.1, 0.15) is 0 Å². The molecule has 0 aromatic rings. The standard InChI is InChI=1S/C16H35N3/c1-7-11-17-12-15(14(2)3)19(6)13-16(18(4)5)9-8-10-16/h14-15,17H,7-13H2,1-6H3. The topological polar surface area (TPSA) is 18.5 Å². The molecule has 1 aliphatic rings. The molecular weight excluding hydrogens is 234 g/mol. The summed E-state index contributed by atoms with van der Waals surface area (Å²) in [5.74, 6) is 0.702. The normalized spacial score (nSPS) is 20.1. The van der Waals surface area contributed by atoms with Gasteiger partial charge in [0, 0.05) is 24.7 Å². The van der Waals surface area contributed by atoms with E-state index in [1.165, 1.54) is 32.2 Å². The van der Waals surface area contributed by atoms with Crippen molar-refractivity contribution in [3.05, 3.63) is 0 Å². The number of hydrogen-bond donors (Lipinski definition) is 1. The molecule has 1 fully saturated rings. The van der Waals surface area contributed by atoms with Gasteiger partial charge in [0.15, 0.2) is 0 Å². The van der Waals surface area contributed by atoms with Crippen molar-refractivity contribution in [3.63, 3.8) is 0 Å². The van der Waals surface area contributed by atoms with Crippen molar-refractivity contribution < 1.29 is 0 Å². The summed E-state index contributed by atoms with van der Waals surface area (Å²) in [5.41, 5.74) is 0.437. The summed E-state index contributed by atoms with van der Waals surface area (Å²) in [5, 5.41) is 3.59. The fourth-order valence-electron chi connectivity index (χ4n) is 3.24. The van der Waals surface area contributed by atoms with E-state index in [0.29, 0.717) is 17.5 Å². The largest absolute Gasteiger partial charge is 0.315 e. The Kier molecular flexibility index (Phi) is 6.78. The maximum atomic E-state index is 3.59. The minimum atomic E-state index is 0.437. The molecule has 0 amide bonds. The van der Waals surface area contributed by atoms with Crippen LogP contribution in [0.15, 0.2) is 0 Å². The number of hydrogen-bond acceptors (Lipinski definition) is 3. The second kappa shape index (κ2) is 7.61. The lowest BCUT2D eigenvalue weighted by molar-refractivity contribution is 0.00992. The Morgan fingerprint density at radius 3 is 2.16 bits per heavy atom. The van der Waals surface area contributed by atoms with Crippen LogP contribution in [-0.2, 0) is 0 Å². The van der Waals surface area contributed by atoms with Crippen molar-refractivity contribution in [2.24, 2.45) is 5.92 Å². The van der Waals surface area contributed by atoms with Gasteiger partial charge in [0.2, 0.25) is 0 Å². The van der Waals surface area contributed by atoms with Crippen LogP contribution in [0.3, 0.4) is 0 Å². The SMILES string of the molecule is CCCNCC(C(C)C)N(C)CC1(N(C)C)CCC1. The maximum absolute atomic E-state index is 3.59. The van der Waals surface area contributed by atoms with Gasteiger partial charge in [-0.25, -0.2) is 0 Å². The highest BCUT2D eigenvalue weighted by molar-refractivity contribution is 4.99. The smallest absolute Gasteiger partial charge is 0.0330 e. The van der Waals surface area contributed by atoms with Crippen molar-refractivity contribution in [2.75, 3.05) is 40.8 Å². The van der Waals surface area contributed by atoms with Gasteiger partial charge in [-0.1, -0.05) is 20.8 Å². The highest BCUT2D eigenvalue weighted by Crippen LogP contribution is 2.37. The van der Waals surface area contributed by atoms with Gasteiger partial charge in [0.05, 0.1) is 0 Å². The number of likely N-dealkylation sites (N-methyl/N-ethyl adjacent to an activating group) is 2. The van der Waals surface area contributed by atoms with E-state index in [1.807, 2.05) is 0 Å². The molecule has 3 heteroatoms. The monoisotopic (exact) mass is 269 g/mol. The molecule has 0 radical (unpaired) electrons. The van der Waals surface area contributed by atoms with Gasteiger partial charge >= 0.3 is 0 Å². The molecule has 1 aliphatic carbocycles. The summed E-state index contributed by atoms with van der Waals surface area (Å²) in [6.07, 6.45) is 5.33. The van der Waals surface area contributed by atoms with Gasteiger partial charge in [-0.2, -0.15) is 0 Å². The van der Waals surface area contributed by atoms with Crippen LogP contribution in [0, 0.1) is 5.92 Å². The fraction of sp³-hybridized carbons (Fsp3) is 1.00. The molecule has 0 bridgehead atoms. The third-order valence-electron chi connectivity index (χ3n) is 4.89. The number of nitrogens with zero attached hydrogens (tertiary/aromatic N) is 2. The van der Waals surface area contributed by atoms with Gasteiger partial charge < -0.3 is 15.1 Å². The summed E-state index contributed by atoms with van der Waals surface area (Å²) in [6.45, 7) is 10.4. The van der Waals surface area contributed by atoms with E-state index in [4.69, 9.17) is 0 Å². The maximum Gasteiger partial charge on any atom is 0.0330 e. The molecule has 0 spiro atoms. The molecule has 0 aromatic heterocycles. The Balaban J connectivity index is 2.53. The molecule has 0 saturated heterocycles. The van der Waals surface area contributed by atoms with E-state index in [0.717, 1.165) is 13.1 Å². The number of nitrogens with one attached hydrogen (secondary N) is 1. The molecule has 0 heterocycles. The first-order chi connectivity index (χ1) is 8.93. The Labute approximate surface area is 120 Å². The zero-order valence-corrected chi connectivity index (χ0v) is 14.0. The molecule has 0 aromatic carbocycles. The Morgan fingerprint density at radius 2 is 1.79 bits per heavy atom. The van der Waals surface area contributed by atoms with Crippen molar-refractivity contribution in [1.82, 2.24) is 15.1 Å². The second-order valence-electron chi connectivity index (χ2n) is 6.90. The van der Waals surface area contributed by atoms with Crippen LogP contribution in [-0.4, -0.2) is 62.2 Å². The zero-order chi connectivity index (χ0) is 14.5. The van der Waals surface area contributed by atoms with Gasteiger partial charge in [0.25, 0.3) is 0 Å². The molecule has 1 N–H and O–H groups in total. The fourth-order valence-corrected chi connectivity index (χ4v) is 3.24. The average molecular weight is 269 g/mol. The van der Waals surface area contributed by atoms with Gasteiger partial charge in [-0.05, 0) is 59.3 Å². The van der Waals surface area contributed by atoms with Crippen molar-refractivity contribution in [2.45, 2.75) is 58.0 Å². The van der Waals surface area contributed by atoms with Crippen molar-refractivity contribution in [1.29, 1.82) is 0 Å². The van der Waals surface area contributed by atoms with Crippen LogP contribution < -0.4 is 5.32 Å². The molecule has 19 heavy (non-hydrogen) atoms. The lowest BCUT2D eigenvalue weighted by atomic mass is 9.75. The molecule has 114 valence electrons. The van der Waals surface area contributed by atoms with Crippen LogP contribution in [0.2, 0.25) is 0 Å². The summed E-state index contributed by atoms with van der Waals surface area (Å²) in [6, 6.07) is 0.643. The Bertz CT molecular complexity index is 246. The summed E-state index contributed by atoms with van der Waals surface area (Å²) >= 11 is 0. The Hall–Kier alpha value is -0.120. The summed E-state index contributed by atoms with van der Waals surface area (Å²) in [7, 11) is 6.79. The van der Waals surface area contributed by atoms with E-state index in [1.54, 1.807) is 0 Å². The second-order valence-corrected chi connectivity index (χ2v) is 6.90. The van der Waals surface area contributed by atoms with Gasteiger partial charge in [-0.3, -0.25) is 0 Å². The summed E-state index contributed by atoms with van der Waals surface area (Å²) in [4.78, 5) is 5.04. The van der Waals surface area contributed by atoms with Crippen molar-refractivity contribution in [3.8, 4) is 0 Å². The molecule has 1 unspecified atom stereocenters. The first-order valence-electron chi connectivity index (χ1n) is 8.01. The van der Waals surface area contributed by atoms with E-state index in [2.05, 4.69) is 57.0 Å². The zero-order valence-electron chi connectivity index (χ0n) is 14.0. The summed E-state index contributed by atoms with van der Waals surface area (Å²) < 4.78 is 0. The van der Waals surface area contributed by atoms with Crippen LogP contribution in [0.5, 0.6) is 0 Å². The van der Waals surface area contributed by atoms with E-state index >= 15 is 0 Å². The molecule has 0 aliphatic heterocycles. The highest BCUT2D eigenvalue weighted by Gasteiger charge is 2.40. The number of rotatable bonds is 9. The predicted octanol–water partition coefficient (Wildman–Crippen LogP) is 2.43. The first kappa shape index (κ1) is 16.9. The average Bonchev–Trinajstić information content (AvgIpc) is 2.28. The molecular formula is C16H35N3. The van der Waals surface area contributed by atoms with Gasteiger partial charge in [-0.15, -0.1) is 0 Å². The molecule has 1 atom stereocenters. The van der Waals surface area contributed by atoms with E-state index < -0.39 is 0 Å². The van der Waals surface area contributed by atoms with E-state index in [-0.39, 0.29) is 0 Å². The lowest BCUT2D eigenvalue weighted by Gasteiger charge is -2.51. The minimum Gasteiger partial charge on any atom is -0.315 e. The van der Waals surface area contributed by atoms with Crippen LogP contribution >= 0.6 is 0 Å². The Morgan fingerprint density at radius 1 is 1.16 bits per heavy atom. The first-order valence-corrected chi connectivity index (χ1v) is 8.01. The van der Waals surface area contributed by atoms with Crippen LogP contribution in [0.25, 0.3) is 0 Å². The quantitative estimate of drug-likeness (QED) is 0.649. The van der Waals surface area contributed by atoms with Crippen LogP contribution in [0.1, 0.15) is 46.5 Å². The molecule has 1 rings (SSSR count). The predicted molar refractivity (Wildman–Crippen MR) is 84.7 cm³/mol. The molecule has 3 nitrogen and oxygen atoms in total. The van der Waals surface area contributed by atoms with E-state index in [9.17, 15) is 0 Å². The third kappa shape index (κ3) is 4.44.